The maximum atomic E-state index is 13.6. The van der Waals surface area contributed by atoms with Crippen LogP contribution >= 0.6 is 11.3 Å². The van der Waals surface area contributed by atoms with E-state index in [-0.39, 0.29) is 23.3 Å². The van der Waals surface area contributed by atoms with E-state index >= 15 is 0 Å². The fraction of sp³-hybridized carbons (Fsp3) is 0.250. The second-order valence-electron chi connectivity index (χ2n) is 7.28. The number of carbonyl (C=O) groups is 2. The molecule has 0 spiro atoms. The fourth-order valence-electron chi connectivity index (χ4n) is 4.22. The van der Waals surface area contributed by atoms with E-state index in [1.807, 2.05) is 0 Å². The van der Waals surface area contributed by atoms with Gasteiger partial charge in [0.15, 0.2) is 5.13 Å². The minimum Gasteiger partial charge on any atom is -0.311 e. The molecule has 1 fully saturated rings. The number of amides is 2. The van der Waals surface area contributed by atoms with E-state index in [2.05, 4.69) is 10.3 Å². The second kappa shape index (κ2) is 6.86. The van der Waals surface area contributed by atoms with Crippen molar-refractivity contribution in [3.8, 4) is 0 Å². The van der Waals surface area contributed by atoms with E-state index in [1.165, 1.54) is 26.6 Å². The maximum absolute atomic E-state index is 13.6. The number of nitrogens with zero attached hydrogens (tertiary/aromatic N) is 3. The Kier molecular flexibility index (Phi) is 4.38. The molecule has 0 saturated carbocycles. The Bertz CT molecular complexity index is 1290. The molecule has 2 aromatic carbocycles. The van der Waals surface area contributed by atoms with E-state index in [0.717, 1.165) is 0 Å². The number of carbonyl (C=O) groups excluding carboxylic acids is 2. The molecule has 8 nitrogen and oxygen atoms in total. The third kappa shape index (κ3) is 2.75. The number of rotatable bonds is 4. The smallest absolute Gasteiger partial charge is 0.258 e. The quantitative estimate of drug-likeness (QED) is 0.670. The normalized spacial score (nSPS) is 19.0. The number of thiazole rings is 1. The predicted molar refractivity (Wildman–Crippen MR) is 114 cm³/mol. The summed E-state index contributed by atoms with van der Waals surface area (Å²) in [5.74, 6) is -0.543. The zero-order valence-corrected chi connectivity index (χ0v) is 17.7. The number of hydrogen-bond acceptors (Lipinski definition) is 6. The van der Waals surface area contributed by atoms with E-state index < -0.39 is 16.1 Å². The van der Waals surface area contributed by atoms with Crippen LogP contribution in [0.15, 0.2) is 46.8 Å². The van der Waals surface area contributed by atoms with Crippen LogP contribution in [0.25, 0.3) is 10.8 Å². The Balaban J connectivity index is 1.56. The van der Waals surface area contributed by atoms with Gasteiger partial charge in [-0.2, -0.15) is 4.31 Å². The van der Waals surface area contributed by atoms with Crippen molar-refractivity contribution in [2.45, 2.75) is 23.8 Å². The Hall–Kier alpha value is -2.82. The SMILES string of the molecule is CN1C(=O)c2cccc3c(S(=O)(=O)N4CCC[C@H]4C(=O)Nc4nccs4)ccc1c23. The second-order valence-corrected chi connectivity index (χ2v) is 10.0. The molecule has 2 amide bonds. The number of benzene rings is 2. The summed E-state index contributed by atoms with van der Waals surface area (Å²) in [4.78, 5) is 30.9. The number of sulfonamides is 1. The third-order valence-corrected chi connectivity index (χ3v) is 8.29. The van der Waals surface area contributed by atoms with Gasteiger partial charge in [0, 0.05) is 41.5 Å². The lowest BCUT2D eigenvalue weighted by molar-refractivity contribution is -0.119. The van der Waals surface area contributed by atoms with E-state index in [0.29, 0.717) is 40.0 Å². The van der Waals surface area contributed by atoms with Gasteiger partial charge >= 0.3 is 0 Å². The zero-order chi connectivity index (χ0) is 21.0. The highest BCUT2D eigenvalue weighted by atomic mass is 32.2. The van der Waals surface area contributed by atoms with Crippen LogP contribution in [-0.4, -0.2) is 49.2 Å². The van der Waals surface area contributed by atoms with Crippen molar-refractivity contribution in [2.75, 3.05) is 23.8 Å². The van der Waals surface area contributed by atoms with Gasteiger partial charge in [-0.15, -0.1) is 11.3 Å². The van der Waals surface area contributed by atoms with Crippen LogP contribution in [0.5, 0.6) is 0 Å². The molecule has 1 aromatic heterocycles. The van der Waals surface area contributed by atoms with Crippen molar-refractivity contribution in [3.05, 3.63) is 47.5 Å². The molecule has 154 valence electrons. The van der Waals surface area contributed by atoms with E-state index in [1.54, 1.807) is 42.9 Å². The first kappa shape index (κ1) is 19.2. The molecule has 10 heteroatoms. The zero-order valence-electron chi connectivity index (χ0n) is 16.0. The Morgan fingerprint density at radius 2 is 2.10 bits per heavy atom. The summed E-state index contributed by atoms with van der Waals surface area (Å²) >= 11 is 1.28. The first-order valence-corrected chi connectivity index (χ1v) is 11.8. The molecule has 3 aromatic rings. The van der Waals surface area contributed by atoms with E-state index in [4.69, 9.17) is 0 Å². The first-order chi connectivity index (χ1) is 14.4. The predicted octanol–water partition coefficient (Wildman–Crippen LogP) is 2.68. The molecule has 30 heavy (non-hydrogen) atoms. The molecule has 1 saturated heterocycles. The molecular weight excluding hydrogens is 424 g/mol. The average molecular weight is 443 g/mol. The van der Waals surface area contributed by atoms with Gasteiger partial charge in [0.05, 0.1) is 10.6 Å². The lowest BCUT2D eigenvalue weighted by atomic mass is 10.1. The van der Waals surface area contributed by atoms with Gasteiger partial charge < -0.3 is 10.2 Å². The molecule has 0 unspecified atom stereocenters. The fourth-order valence-corrected chi connectivity index (χ4v) is 6.60. The van der Waals surface area contributed by atoms with Gasteiger partial charge in [0.2, 0.25) is 15.9 Å². The molecule has 2 aliphatic heterocycles. The monoisotopic (exact) mass is 442 g/mol. The summed E-state index contributed by atoms with van der Waals surface area (Å²) in [5, 5.41) is 6.01. The van der Waals surface area contributed by atoms with Crippen molar-refractivity contribution in [2.24, 2.45) is 0 Å². The third-order valence-electron chi connectivity index (χ3n) is 5.63. The molecule has 1 N–H and O–H groups in total. The Labute approximate surface area is 177 Å². The van der Waals surface area contributed by atoms with Crippen LogP contribution < -0.4 is 10.2 Å². The first-order valence-electron chi connectivity index (χ1n) is 9.45. The molecular formula is C20H18N4O4S2. The number of hydrogen-bond donors (Lipinski definition) is 1. The van der Waals surface area contributed by atoms with Gasteiger partial charge in [-0.3, -0.25) is 9.59 Å². The van der Waals surface area contributed by atoms with Crippen LogP contribution in [-0.2, 0) is 14.8 Å². The minimum atomic E-state index is -3.95. The average Bonchev–Trinajstić information content (AvgIpc) is 3.47. The number of anilines is 2. The molecule has 3 heterocycles. The molecule has 2 aliphatic rings. The summed E-state index contributed by atoms with van der Waals surface area (Å²) in [5.41, 5.74) is 1.17. The highest BCUT2D eigenvalue weighted by Crippen LogP contribution is 2.40. The minimum absolute atomic E-state index is 0.111. The molecule has 0 bridgehead atoms. The van der Waals surface area contributed by atoms with Gasteiger partial charge in [0.1, 0.15) is 6.04 Å². The van der Waals surface area contributed by atoms with Crippen molar-refractivity contribution >= 4 is 54.8 Å². The standard InChI is InChI=1S/C20H18N4O4S2/c1-23-14-7-8-16(12-4-2-5-13(17(12)14)19(23)26)30(27,28)24-10-3-6-15(24)18(25)22-20-21-9-11-29-20/h2,4-5,7-9,11,15H,3,6,10H2,1H3,(H,21,22,25)/t15-/m0/s1. The van der Waals surface area contributed by atoms with Crippen molar-refractivity contribution < 1.29 is 18.0 Å². The Morgan fingerprint density at radius 1 is 1.27 bits per heavy atom. The number of nitrogens with one attached hydrogen (secondary N) is 1. The summed E-state index contributed by atoms with van der Waals surface area (Å²) in [6, 6.07) is 7.49. The number of aromatic nitrogens is 1. The van der Waals surface area contributed by atoms with Gasteiger partial charge in [0.25, 0.3) is 5.91 Å². The maximum Gasteiger partial charge on any atom is 0.258 e. The van der Waals surface area contributed by atoms with Crippen molar-refractivity contribution in [1.82, 2.24) is 9.29 Å². The van der Waals surface area contributed by atoms with Crippen molar-refractivity contribution in [1.29, 1.82) is 0 Å². The summed E-state index contributed by atoms with van der Waals surface area (Å²) in [7, 11) is -2.28. The van der Waals surface area contributed by atoms with Gasteiger partial charge in [-0.25, -0.2) is 13.4 Å². The van der Waals surface area contributed by atoms with Gasteiger partial charge in [-0.05, 0) is 31.0 Å². The molecule has 0 radical (unpaired) electrons. The molecule has 5 rings (SSSR count). The highest BCUT2D eigenvalue weighted by molar-refractivity contribution is 7.89. The lowest BCUT2D eigenvalue weighted by Crippen LogP contribution is -2.43. The molecule has 1 atom stereocenters. The van der Waals surface area contributed by atoms with Crippen LogP contribution in [0, 0.1) is 0 Å². The van der Waals surface area contributed by atoms with Crippen LogP contribution in [0.2, 0.25) is 0 Å². The van der Waals surface area contributed by atoms with Crippen LogP contribution in [0.4, 0.5) is 10.8 Å². The van der Waals surface area contributed by atoms with Gasteiger partial charge in [-0.1, -0.05) is 12.1 Å². The van der Waals surface area contributed by atoms with E-state index in [9.17, 15) is 18.0 Å². The Morgan fingerprint density at radius 3 is 2.87 bits per heavy atom. The topological polar surface area (TPSA) is 99.7 Å². The highest BCUT2D eigenvalue weighted by Gasteiger charge is 2.41. The largest absolute Gasteiger partial charge is 0.311 e. The summed E-state index contributed by atoms with van der Waals surface area (Å²) in [6.07, 6.45) is 2.62. The van der Waals surface area contributed by atoms with Crippen LogP contribution in [0.1, 0.15) is 23.2 Å². The van der Waals surface area contributed by atoms with Crippen molar-refractivity contribution in [3.63, 3.8) is 0 Å². The van der Waals surface area contributed by atoms with Crippen LogP contribution in [0.3, 0.4) is 0 Å². The molecule has 0 aliphatic carbocycles. The summed E-state index contributed by atoms with van der Waals surface area (Å²) < 4.78 is 28.5. The lowest BCUT2D eigenvalue weighted by Gasteiger charge is -2.24. The summed E-state index contributed by atoms with van der Waals surface area (Å²) in [6.45, 7) is 0.264.